The van der Waals surface area contributed by atoms with Crippen LogP contribution in [0.25, 0.3) is 10.1 Å². The Morgan fingerprint density at radius 2 is 2.23 bits per heavy atom. The molecule has 0 aliphatic heterocycles. The molecule has 2 aromatic rings. The topological polar surface area (TPSA) is 37.3 Å². The van der Waals surface area contributed by atoms with Gasteiger partial charge < -0.3 is 5.11 Å². The van der Waals surface area contributed by atoms with E-state index in [1.807, 2.05) is 0 Å². The van der Waals surface area contributed by atoms with Crippen molar-refractivity contribution in [3.63, 3.8) is 0 Å². The van der Waals surface area contributed by atoms with Crippen LogP contribution in [0.1, 0.15) is 10.4 Å². The maximum atomic E-state index is 13.0. The number of hydrogen-bond acceptors (Lipinski definition) is 2. The number of carbonyl (C=O) groups is 1. The summed E-state index contributed by atoms with van der Waals surface area (Å²) >= 11 is 1.27. The van der Waals surface area contributed by atoms with Crippen molar-refractivity contribution in [1.82, 2.24) is 0 Å². The summed E-state index contributed by atoms with van der Waals surface area (Å²) in [5, 5.41) is 10.4. The van der Waals surface area contributed by atoms with Crippen LogP contribution in [-0.2, 0) is 0 Å². The zero-order valence-corrected chi connectivity index (χ0v) is 7.27. The lowest BCUT2D eigenvalue weighted by atomic mass is 10.2. The molecule has 1 heterocycles. The molecule has 0 aliphatic rings. The van der Waals surface area contributed by atoms with E-state index in [1.54, 1.807) is 6.07 Å². The summed E-state index contributed by atoms with van der Waals surface area (Å²) in [7, 11) is 0. The van der Waals surface area contributed by atoms with Gasteiger partial charge in [0.05, 0.1) is 5.56 Å². The van der Waals surface area contributed by atoms with Crippen molar-refractivity contribution >= 4 is 27.4 Å². The number of carboxylic acid groups (broad SMARTS) is 1. The number of benzene rings is 1. The molecular formula is C9H5FO2S. The first-order valence-electron chi connectivity index (χ1n) is 3.58. The number of hydrogen-bond donors (Lipinski definition) is 1. The lowest BCUT2D eigenvalue weighted by Crippen LogP contribution is -1.94. The number of carboxylic acids is 1. The van der Waals surface area contributed by atoms with E-state index in [0.29, 0.717) is 5.39 Å². The molecule has 0 radical (unpaired) electrons. The fraction of sp³-hybridized carbons (Fsp3) is 0. The summed E-state index contributed by atoms with van der Waals surface area (Å²) in [6, 6.07) is 4.44. The third-order valence-corrected chi connectivity index (χ3v) is 2.71. The van der Waals surface area contributed by atoms with Crippen molar-refractivity contribution in [2.75, 3.05) is 0 Å². The Morgan fingerprint density at radius 3 is 2.92 bits per heavy atom. The van der Waals surface area contributed by atoms with E-state index < -0.39 is 5.97 Å². The van der Waals surface area contributed by atoms with Crippen LogP contribution in [0.2, 0.25) is 0 Å². The van der Waals surface area contributed by atoms with Gasteiger partial charge in [0.15, 0.2) is 0 Å². The maximum absolute atomic E-state index is 13.0. The Hall–Kier alpha value is -1.42. The standard InChI is InChI=1S/C9H5FO2S/c10-7-4-13-8-2-1-5(9(11)12)3-6(7)8/h1-4H,(H,11,12). The molecule has 2 nitrogen and oxygen atoms in total. The Labute approximate surface area is 77.2 Å². The van der Waals surface area contributed by atoms with Crippen molar-refractivity contribution in [2.24, 2.45) is 0 Å². The van der Waals surface area contributed by atoms with Gasteiger partial charge in [-0.1, -0.05) is 0 Å². The van der Waals surface area contributed by atoms with Gasteiger partial charge in [-0.05, 0) is 18.2 Å². The predicted octanol–water partition coefficient (Wildman–Crippen LogP) is 2.74. The molecule has 1 aromatic heterocycles. The number of fused-ring (bicyclic) bond motifs is 1. The molecule has 1 aromatic carbocycles. The molecule has 0 atom stereocenters. The average Bonchev–Trinajstić information content (AvgIpc) is 2.47. The lowest BCUT2D eigenvalue weighted by molar-refractivity contribution is 0.0697. The fourth-order valence-corrected chi connectivity index (χ4v) is 1.92. The molecule has 0 fully saturated rings. The van der Waals surface area contributed by atoms with Crippen LogP contribution in [0.3, 0.4) is 0 Å². The van der Waals surface area contributed by atoms with Gasteiger partial charge >= 0.3 is 5.97 Å². The molecule has 0 bridgehead atoms. The highest BCUT2D eigenvalue weighted by Gasteiger charge is 2.07. The minimum atomic E-state index is -1.03. The molecule has 66 valence electrons. The van der Waals surface area contributed by atoms with E-state index in [0.717, 1.165) is 4.70 Å². The van der Waals surface area contributed by atoms with Crippen LogP contribution in [0, 0.1) is 5.82 Å². The van der Waals surface area contributed by atoms with Gasteiger partial charge in [0.2, 0.25) is 0 Å². The molecular weight excluding hydrogens is 191 g/mol. The molecule has 0 spiro atoms. The zero-order valence-electron chi connectivity index (χ0n) is 6.45. The molecule has 0 unspecified atom stereocenters. The minimum absolute atomic E-state index is 0.116. The zero-order chi connectivity index (χ0) is 9.42. The molecule has 4 heteroatoms. The molecule has 1 N–H and O–H groups in total. The van der Waals surface area contributed by atoms with Crippen molar-refractivity contribution < 1.29 is 14.3 Å². The second kappa shape index (κ2) is 2.81. The lowest BCUT2D eigenvalue weighted by Gasteiger charge is -1.93. The second-order valence-electron chi connectivity index (χ2n) is 2.60. The van der Waals surface area contributed by atoms with Gasteiger partial charge in [0.1, 0.15) is 5.82 Å². The molecule has 0 aliphatic carbocycles. The first-order valence-corrected chi connectivity index (χ1v) is 4.46. The number of halogens is 1. The van der Waals surface area contributed by atoms with E-state index in [-0.39, 0.29) is 11.4 Å². The monoisotopic (exact) mass is 196 g/mol. The highest BCUT2D eigenvalue weighted by molar-refractivity contribution is 7.17. The largest absolute Gasteiger partial charge is 0.478 e. The van der Waals surface area contributed by atoms with Crippen LogP contribution in [0.5, 0.6) is 0 Å². The first-order chi connectivity index (χ1) is 6.18. The molecule has 13 heavy (non-hydrogen) atoms. The fourth-order valence-electron chi connectivity index (χ4n) is 1.13. The van der Waals surface area contributed by atoms with Crippen LogP contribution in [0.4, 0.5) is 4.39 Å². The van der Waals surface area contributed by atoms with Gasteiger partial charge in [-0.3, -0.25) is 0 Å². The van der Waals surface area contributed by atoms with E-state index in [1.165, 1.54) is 28.8 Å². The maximum Gasteiger partial charge on any atom is 0.335 e. The third-order valence-electron chi connectivity index (χ3n) is 1.77. The average molecular weight is 196 g/mol. The Bertz CT molecular complexity index is 475. The van der Waals surface area contributed by atoms with E-state index in [2.05, 4.69) is 0 Å². The first kappa shape index (κ1) is 8.19. The Kier molecular flexibility index (Phi) is 1.77. The predicted molar refractivity (Wildman–Crippen MR) is 48.7 cm³/mol. The summed E-state index contributed by atoms with van der Waals surface area (Å²) < 4.78 is 13.8. The molecule has 2 rings (SSSR count). The van der Waals surface area contributed by atoms with Crippen molar-refractivity contribution in [3.05, 3.63) is 35.0 Å². The number of aromatic carboxylic acids is 1. The SMILES string of the molecule is O=C(O)c1ccc2scc(F)c2c1. The van der Waals surface area contributed by atoms with Gasteiger partial charge in [0, 0.05) is 15.5 Å². The highest BCUT2D eigenvalue weighted by Crippen LogP contribution is 2.25. The van der Waals surface area contributed by atoms with Gasteiger partial charge in [0.25, 0.3) is 0 Å². The Morgan fingerprint density at radius 1 is 1.46 bits per heavy atom. The minimum Gasteiger partial charge on any atom is -0.478 e. The molecule has 0 amide bonds. The smallest absolute Gasteiger partial charge is 0.335 e. The van der Waals surface area contributed by atoms with Crippen molar-refractivity contribution in [1.29, 1.82) is 0 Å². The quantitative estimate of drug-likeness (QED) is 0.761. The van der Waals surface area contributed by atoms with Gasteiger partial charge in [-0.2, -0.15) is 0 Å². The van der Waals surface area contributed by atoms with E-state index in [9.17, 15) is 9.18 Å². The summed E-state index contributed by atoms with van der Waals surface area (Å²) in [5.41, 5.74) is 0.116. The third kappa shape index (κ3) is 1.29. The van der Waals surface area contributed by atoms with Crippen LogP contribution in [0.15, 0.2) is 23.6 Å². The van der Waals surface area contributed by atoms with Crippen LogP contribution < -0.4 is 0 Å². The molecule has 0 saturated carbocycles. The van der Waals surface area contributed by atoms with Crippen molar-refractivity contribution in [3.8, 4) is 0 Å². The normalized spacial score (nSPS) is 10.5. The van der Waals surface area contributed by atoms with Gasteiger partial charge in [-0.15, -0.1) is 11.3 Å². The highest BCUT2D eigenvalue weighted by atomic mass is 32.1. The Balaban J connectivity index is 2.72. The summed E-state index contributed by atoms with van der Waals surface area (Å²) in [6.45, 7) is 0. The second-order valence-corrected chi connectivity index (χ2v) is 3.51. The van der Waals surface area contributed by atoms with Gasteiger partial charge in [-0.25, -0.2) is 9.18 Å². The van der Waals surface area contributed by atoms with Crippen LogP contribution >= 0.6 is 11.3 Å². The van der Waals surface area contributed by atoms with E-state index in [4.69, 9.17) is 5.11 Å². The summed E-state index contributed by atoms with van der Waals surface area (Å²) in [5.74, 6) is -1.39. The number of rotatable bonds is 1. The summed E-state index contributed by atoms with van der Waals surface area (Å²) in [6.07, 6.45) is 0. The number of thiophene rings is 1. The van der Waals surface area contributed by atoms with Crippen LogP contribution in [-0.4, -0.2) is 11.1 Å². The van der Waals surface area contributed by atoms with Crippen molar-refractivity contribution in [2.45, 2.75) is 0 Å². The van der Waals surface area contributed by atoms with E-state index >= 15 is 0 Å². The summed E-state index contributed by atoms with van der Waals surface area (Å²) in [4.78, 5) is 10.6. The molecule has 0 saturated heterocycles.